The monoisotopic (exact) mass is 441 g/mol. The zero-order valence-electron chi connectivity index (χ0n) is 18.7. The summed E-state index contributed by atoms with van der Waals surface area (Å²) in [7, 11) is 1.72. The van der Waals surface area contributed by atoms with Gasteiger partial charge in [0.2, 0.25) is 0 Å². The minimum absolute atomic E-state index is 0.0454. The van der Waals surface area contributed by atoms with Crippen molar-refractivity contribution in [1.82, 2.24) is 4.72 Å². The van der Waals surface area contributed by atoms with Crippen LogP contribution in [0.1, 0.15) is 41.4 Å². The molecule has 2 aliphatic heterocycles. The summed E-state index contributed by atoms with van der Waals surface area (Å²) in [5.74, 6) is 0.810. The summed E-state index contributed by atoms with van der Waals surface area (Å²) in [6.07, 6.45) is 2.73. The van der Waals surface area contributed by atoms with E-state index in [-0.39, 0.29) is 17.4 Å². The highest BCUT2D eigenvalue weighted by atomic mass is 32.2. The summed E-state index contributed by atoms with van der Waals surface area (Å²) >= 11 is 1.32. The first-order chi connectivity index (χ1) is 14.9. The maximum absolute atomic E-state index is 12.3. The van der Waals surface area contributed by atoms with Gasteiger partial charge in [0.05, 0.1) is 26.4 Å². The summed E-state index contributed by atoms with van der Waals surface area (Å²) in [6.45, 7) is 7.82. The minimum atomic E-state index is -0.0572. The molecule has 0 saturated carbocycles. The Labute approximate surface area is 188 Å². The first-order valence-electron chi connectivity index (χ1n) is 10.7. The molecule has 0 aliphatic carbocycles. The molecule has 1 saturated heterocycles. The van der Waals surface area contributed by atoms with Crippen LogP contribution in [0.3, 0.4) is 0 Å². The van der Waals surface area contributed by atoms with Crippen LogP contribution in [-0.2, 0) is 11.2 Å². The number of fused-ring (bicyclic) bond motifs is 1. The molecule has 1 amide bonds. The molecule has 6 nitrogen and oxygen atoms in total. The summed E-state index contributed by atoms with van der Waals surface area (Å²) in [5.41, 5.74) is 5.29. The van der Waals surface area contributed by atoms with E-state index in [1.165, 1.54) is 28.8 Å². The lowest BCUT2D eigenvalue weighted by atomic mass is 9.72. The van der Waals surface area contributed by atoms with Crippen molar-refractivity contribution in [2.75, 3.05) is 49.9 Å². The molecule has 2 aliphatic rings. The molecule has 1 fully saturated rings. The molecule has 1 unspecified atom stereocenters. The van der Waals surface area contributed by atoms with E-state index in [9.17, 15) is 4.79 Å². The smallest absolute Gasteiger partial charge is 0.261 e. The molecule has 31 heavy (non-hydrogen) atoms. The Bertz CT molecular complexity index is 957. The lowest BCUT2D eigenvalue weighted by Crippen LogP contribution is -2.37. The Morgan fingerprint density at radius 1 is 1.23 bits per heavy atom. The van der Waals surface area contributed by atoms with Crippen LogP contribution in [0.4, 0.5) is 11.4 Å². The molecule has 4 rings (SSSR count). The summed E-state index contributed by atoms with van der Waals surface area (Å²) in [4.78, 5) is 14.6. The molecule has 2 aromatic carbocycles. The normalized spacial score (nSPS) is 19.9. The number of morpholine rings is 1. The number of anilines is 2. The number of methoxy groups -OCH3 is 1. The molecule has 0 bridgehead atoms. The number of carbonyl (C=O) groups is 1. The van der Waals surface area contributed by atoms with Crippen LogP contribution in [0.5, 0.6) is 5.75 Å². The molecule has 0 radical (unpaired) electrons. The lowest BCUT2D eigenvalue weighted by molar-refractivity contribution is 0.0984. The van der Waals surface area contributed by atoms with Gasteiger partial charge in [-0.3, -0.25) is 9.52 Å². The Morgan fingerprint density at radius 3 is 2.71 bits per heavy atom. The number of hydrogen-bond donors (Lipinski definition) is 2. The van der Waals surface area contributed by atoms with Gasteiger partial charge in [-0.25, -0.2) is 0 Å². The van der Waals surface area contributed by atoms with E-state index in [2.05, 4.69) is 47.0 Å². The molecule has 2 N–H and O–H groups in total. The van der Waals surface area contributed by atoms with E-state index in [1.807, 2.05) is 24.5 Å². The third-order valence-electron chi connectivity index (χ3n) is 6.15. The number of nitrogens with one attached hydrogen (secondary N) is 2. The summed E-state index contributed by atoms with van der Waals surface area (Å²) in [5, 5.41) is 3.75. The Hall–Kier alpha value is -2.38. The molecule has 1 atom stereocenters. The number of hydrogen-bond acceptors (Lipinski definition) is 6. The molecule has 0 spiro atoms. The van der Waals surface area contributed by atoms with Crippen molar-refractivity contribution >= 4 is 29.2 Å². The third-order valence-corrected chi connectivity index (χ3v) is 6.54. The SMILES string of the molecule is COc1cc(C2Nc3ccc(C(=O)NSC)cc3CC2(C)C)cc(N2CCOCC2)c1. The Morgan fingerprint density at radius 2 is 2.00 bits per heavy atom. The van der Waals surface area contributed by atoms with Crippen molar-refractivity contribution in [2.24, 2.45) is 5.41 Å². The molecule has 7 heteroatoms. The first-order valence-corrected chi connectivity index (χ1v) is 11.9. The van der Waals surface area contributed by atoms with Gasteiger partial charge in [-0.2, -0.15) is 0 Å². The fourth-order valence-corrected chi connectivity index (χ4v) is 4.85. The maximum atomic E-state index is 12.3. The van der Waals surface area contributed by atoms with Crippen LogP contribution in [0, 0.1) is 5.41 Å². The molecule has 166 valence electrons. The maximum Gasteiger partial charge on any atom is 0.261 e. The van der Waals surface area contributed by atoms with Gasteiger partial charge in [-0.05, 0) is 53.3 Å². The van der Waals surface area contributed by atoms with E-state index in [0.717, 1.165) is 44.2 Å². The van der Waals surface area contributed by atoms with Crippen LogP contribution in [0.15, 0.2) is 36.4 Å². The van der Waals surface area contributed by atoms with Gasteiger partial charge in [0.25, 0.3) is 5.91 Å². The Kier molecular flexibility index (Phi) is 6.34. The number of nitrogens with zero attached hydrogens (tertiary/aromatic N) is 1. The second-order valence-corrected chi connectivity index (χ2v) is 9.43. The first kappa shape index (κ1) is 21.8. The quantitative estimate of drug-likeness (QED) is 0.676. The largest absolute Gasteiger partial charge is 0.497 e. The Balaban J connectivity index is 1.66. The third kappa shape index (κ3) is 4.62. The van der Waals surface area contributed by atoms with Crippen molar-refractivity contribution in [2.45, 2.75) is 26.3 Å². The fourth-order valence-electron chi connectivity index (χ4n) is 4.55. The number of carbonyl (C=O) groups excluding carboxylic acids is 1. The van der Waals surface area contributed by atoms with Gasteiger partial charge in [0, 0.05) is 42.3 Å². The lowest BCUT2D eigenvalue weighted by Gasteiger charge is -2.42. The van der Waals surface area contributed by atoms with Crippen molar-refractivity contribution in [3.8, 4) is 5.75 Å². The van der Waals surface area contributed by atoms with Crippen molar-refractivity contribution in [1.29, 1.82) is 0 Å². The van der Waals surface area contributed by atoms with E-state index in [0.29, 0.717) is 5.56 Å². The average Bonchev–Trinajstić information content (AvgIpc) is 2.78. The molecule has 2 aromatic rings. The van der Waals surface area contributed by atoms with Crippen LogP contribution in [-0.4, -0.2) is 45.6 Å². The zero-order chi connectivity index (χ0) is 22.0. The van der Waals surface area contributed by atoms with Gasteiger partial charge in [0.1, 0.15) is 5.75 Å². The number of amides is 1. The van der Waals surface area contributed by atoms with Crippen molar-refractivity contribution < 1.29 is 14.3 Å². The van der Waals surface area contributed by atoms with E-state index in [4.69, 9.17) is 9.47 Å². The van der Waals surface area contributed by atoms with Crippen LogP contribution < -0.4 is 19.7 Å². The fraction of sp³-hybridized carbons (Fsp3) is 0.458. The van der Waals surface area contributed by atoms with Gasteiger partial charge in [-0.15, -0.1) is 0 Å². The second kappa shape index (κ2) is 9.01. The average molecular weight is 442 g/mol. The van der Waals surface area contributed by atoms with E-state index >= 15 is 0 Å². The van der Waals surface area contributed by atoms with Gasteiger partial charge in [0.15, 0.2) is 0 Å². The summed E-state index contributed by atoms with van der Waals surface area (Å²) in [6, 6.07) is 12.6. The predicted molar refractivity (Wildman–Crippen MR) is 127 cm³/mol. The standard InChI is InChI=1S/C24H31N3O3S/c1-24(2)15-18-11-16(23(28)26-31-4)5-6-21(18)25-22(24)17-12-19(14-20(13-17)29-3)27-7-9-30-10-8-27/h5-6,11-14,22,25H,7-10,15H2,1-4H3,(H,26,28). The molecule has 2 heterocycles. The highest BCUT2D eigenvalue weighted by Gasteiger charge is 2.36. The zero-order valence-corrected chi connectivity index (χ0v) is 19.5. The second-order valence-electron chi connectivity index (χ2n) is 8.81. The molecule has 0 aromatic heterocycles. The highest BCUT2D eigenvalue weighted by molar-refractivity contribution is 7.97. The highest BCUT2D eigenvalue weighted by Crippen LogP contribution is 2.46. The van der Waals surface area contributed by atoms with Crippen LogP contribution in [0.2, 0.25) is 0 Å². The van der Waals surface area contributed by atoms with E-state index < -0.39 is 0 Å². The topological polar surface area (TPSA) is 62.8 Å². The summed E-state index contributed by atoms with van der Waals surface area (Å²) < 4.78 is 14.0. The number of benzene rings is 2. The predicted octanol–water partition coefficient (Wildman–Crippen LogP) is 4.28. The van der Waals surface area contributed by atoms with E-state index in [1.54, 1.807) is 7.11 Å². The van der Waals surface area contributed by atoms with Gasteiger partial charge in [-0.1, -0.05) is 25.8 Å². The van der Waals surface area contributed by atoms with Gasteiger partial charge >= 0.3 is 0 Å². The van der Waals surface area contributed by atoms with Crippen molar-refractivity contribution in [3.63, 3.8) is 0 Å². The number of rotatable bonds is 5. The van der Waals surface area contributed by atoms with Crippen LogP contribution in [0.25, 0.3) is 0 Å². The van der Waals surface area contributed by atoms with Crippen LogP contribution >= 0.6 is 11.9 Å². The molecular formula is C24H31N3O3S. The van der Waals surface area contributed by atoms with Crippen molar-refractivity contribution in [3.05, 3.63) is 53.1 Å². The van der Waals surface area contributed by atoms with Gasteiger partial charge < -0.3 is 19.7 Å². The number of ether oxygens (including phenoxy) is 2. The minimum Gasteiger partial charge on any atom is -0.497 e. The molecular weight excluding hydrogens is 410 g/mol.